The third kappa shape index (κ3) is 2.99. The number of carbonyl (C=O) groups excluding carboxylic acids is 1. The summed E-state index contributed by atoms with van der Waals surface area (Å²) < 4.78 is 54.7. The van der Waals surface area contributed by atoms with E-state index in [4.69, 9.17) is 5.73 Å². The number of nitrogens with two attached hydrogens (primary N) is 1. The van der Waals surface area contributed by atoms with Crippen LogP contribution in [0.4, 0.5) is 28.9 Å². The van der Waals surface area contributed by atoms with E-state index in [-0.39, 0.29) is 11.8 Å². The van der Waals surface area contributed by atoms with Crippen LogP contribution in [0.2, 0.25) is 0 Å². The number of nitrogens with one attached hydrogen (secondary N) is 1. The summed E-state index contributed by atoms with van der Waals surface area (Å²) in [4.78, 5) is 11.2. The van der Waals surface area contributed by atoms with E-state index in [1.54, 1.807) is 0 Å². The van der Waals surface area contributed by atoms with Gasteiger partial charge in [0.15, 0.2) is 11.6 Å². The number of rotatable bonds is 3. The number of carbonyl (C=O) groups is 1. The van der Waals surface area contributed by atoms with Crippen molar-refractivity contribution in [2.45, 2.75) is 0 Å². The van der Waals surface area contributed by atoms with Crippen molar-refractivity contribution in [1.29, 1.82) is 0 Å². The van der Waals surface area contributed by atoms with E-state index in [2.05, 4.69) is 21.2 Å². The van der Waals surface area contributed by atoms with Gasteiger partial charge in [-0.3, -0.25) is 4.79 Å². The van der Waals surface area contributed by atoms with Crippen molar-refractivity contribution in [1.82, 2.24) is 0 Å². The highest BCUT2D eigenvalue weighted by Crippen LogP contribution is 2.30. The Morgan fingerprint density at radius 3 is 2.29 bits per heavy atom. The van der Waals surface area contributed by atoms with E-state index in [1.165, 1.54) is 12.1 Å². The maximum absolute atomic E-state index is 13.8. The van der Waals surface area contributed by atoms with Crippen LogP contribution in [-0.4, -0.2) is 5.91 Å². The molecule has 0 radical (unpaired) electrons. The number of hydrogen-bond acceptors (Lipinski definition) is 2. The van der Waals surface area contributed by atoms with E-state index in [0.717, 1.165) is 6.07 Å². The fraction of sp³-hybridized carbons (Fsp3) is 0. The molecule has 0 bridgehead atoms. The number of benzene rings is 2. The summed E-state index contributed by atoms with van der Waals surface area (Å²) in [6, 6.07) is 3.87. The molecule has 1 amide bonds. The van der Waals surface area contributed by atoms with Crippen LogP contribution in [0.1, 0.15) is 10.4 Å². The lowest BCUT2D eigenvalue weighted by atomic mass is 10.1. The SMILES string of the molecule is NC(=O)c1c(F)cc(F)c(F)c1Nc1ccc(Br)cc1F. The second-order valence-electron chi connectivity index (χ2n) is 4.02. The Bertz CT molecular complexity index is 737. The van der Waals surface area contributed by atoms with Gasteiger partial charge in [-0.15, -0.1) is 0 Å². The third-order valence-corrected chi connectivity index (χ3v) is 3.10. The van der Waals surface area contributed by atoms with Crippen molar-refractivity contribution in [3.05, 3.63) is 57.6 Å². The van der Waals surface area contributed by atoms with E-state index in [1.807, 2.05) is 0 Å². The fourth-order valence-corrected chi connectivity index (χ4v) is 2.01. The lowest BCUT2D eigenvalue weighted by molar-refractivity contribution is 0.0997. The molecule has 2 rings (SSSR count). The quantitative estimate of drug-likeness (QED) is 0.643. The van der Waals surface area contributed by atoms with Crippen LogP contribution >= 0.6 is 15.9 Å². The topological polar surface area (TPSA) is 55.1 Å². The van der Waals surface area contributed by atoms with Crippen molar-refractivity contribution in [2.75, 3.05) is 5.32 Å². The maximum atomic E-state index is 13.8. The average Bonchev–Trinajstić information content (AvgIpc) is 2.38. The van der Waals surface area contributed by atoms with Crippen LogP contribution in [0.25, 0.3) is 0 Å². The summed E-state index contributed by atoms with van der Waals surface area (Å²) in [7, 11) is 0. The van der Waals surface area contributed by atoms with Crippen molar-refractivity contribution < 1.29 is 22.4 Å². The molecule has 0 saturated carbocycles. The van der Waals surface area contributed by atoms with Crippen LogP contribution < -0.4 is 11.1 Å². The smallest absolute Gasteiger partial charge is 0.253 e. The highest BCUT2D eigenvalue weighted by atomic mass is 79.9. The van der Waals surface area contributed by atoms with E-state index < -0.39 is 40.4 Å². The number of halogens is 5. The maximum Gasteiger partial charge on any atom is 0.253 e. The lowest BCUT2D eigenvalue weighted by Gasteiger charge is -2.13. The molecule has 0 heterocycles. The van der Waals surface area contributed by atoms with Gasteiger partial charge in [-0.2, -0.15) is 0 Å². The van der Waals surface area contributed by atoms with Crippen LogP contribution in [0.3, 0.4) is 0 Å². The standard InChI is InChI=1S/C13H7BrF4N2O/c14-5-1-2-9(6(15)3-5)20-12-10(13(19)21)7(16)4-8(17)11(12)18/h1-4,20H,(H2,19,21). The molecule has 3 N–H and O–H groups in total. The minimum Gasteiger partial charge on any atom is -0.365 e. The second kappa shape index (κ2) is 5.72. The van der Waals surface area contributed by atoms with Gasteiger partial charge >= 0.3 is 0 Å². The van der Waals surface area contributed by atoms with Gasteiger partial charge in [-0.05, 0) is 18.2 Å². The van der Waals surface area contributed by atoms with Crippen LogP contribution in [0.15, 0.2) is 28.7 Å². The van der Waals surface area contributed by atoms with Crippen LogP contribution in [0.5, 0.6) is 0 Å². The van der Waals surface area contributed by atoms with Gasteiger partial charge in [-0.25, -0.2) is 17.6 Å². The number of anilines is 2. The molecule has 0 aromatic heterocycles. The molecule has 3 nitrogen and oxygen atoms in total. The van der Waals surface area contributed by atoms with Gasteiger partial charge < -0.3 is 11.1 Å². The highest BCUT2D eigenvalue weighted by Gasteiger charge is 2.23. The van der Waals surface area contributed by atoms with Crippen molar-refractivity contribution in [3.8, 4) is 0 Å². The van der Waals surface area contributed by atoms with Gasteiger partial charge in [-0.1, -0.05) is 15.9 Å². The van der Waals surface area contributed by atoms with E-state index in [0.29, 0.717) is 4.47 Å². The lowest BCUT2D eigenvalue weighted by Crippen LogP contribution is -2.17. The first-order chi connectivity index (χ1) is 9.81. The average molecular weight is 363 g/mol. The molecular formula is C13H7BrF4N2O. The fourth-order valence-electron chi connectivity index (χ4n) is 1.68. The Kier molecular flexibility index (Phi) is 4.17. The summed E-state index contributed by atoms with van der Waals surface area (Å²) in [6.45, 7) is 0. The Labute approximate surface area is 124 Å². The predicted molar refractivity (Wildman–Crippen MR) is 72.2 cm³/mol. The summed E-state index contributed by atoms with van der Waals surface area (Å²) in [5.41, 5.74) is 2.91. The molecule has 21 heavy (non-hydrogen) atoms. The van der Waals surface area contributed by atoms with Crippen LogP contribution in [0, 0.1) is 23.3 Å². The van der Waals surface area contributed by atoms with E-state index in [9.17, 15) is 22.4 Å². The molecule has 110 valence electrons. The molecule has 0 spiro atoms. The first-order valence-corrected chi connectivity index (χ1v) is 6.30. The Balaban J connectivity index is 2.60. The molecule has 8 heteroatoms. The molecule has 0 saturated heterocycles. The van der Waals surface area contributed by atoms with Gasteiger partial charge in [0.1, 0.15) is 17.2 Å². The molecule has 0 aliphatic rings. The van der Waals surface area contributed by atoms with Gasteiger partial charge in [0.2, 0.25) is 0 Å². The van der Waals surface area contributed by atoms with Crippen molar-refractivity contribution >= 4 is 33.2 Å². The number of hydrogen-bond donors (Lipinski definition) is 2. The van der Waals surface area contributed by atoms with Gasteiger partial charge in [0.05, 0.1) is 11.4 Å². The molecule has 0 atom stereocenters. The predicted octanol–water partition coefficient (Wildman–Crippen LogP) is 3.85. The molecule has 0 aliphatic carbocycles. The molecule has 2 aromatic carbocycles. The molecule has 0 aliphatic heterocycles. The Hall–Kier alpha value is -2.09. The molecular weight excluding hydrogens is 356 g/mol. The zero-order valence-electron chi connectivity index (χ0n) is 10.2. The summed E-state index contributed by atoms with van der Waals surface area (Å²) in [6.07, 6.45) is 0. The minimum atomic E-state index is -1.53. The van der Waals surface area contributed by atoms with Crippen molar-refractivity contribution in [3.63, 3.8) is 0 Å². The first-order valence-electron chi connectivity index (χ1n) is 5.50. The summed E-state index contributed by atoms with van der Waals surface area (Å²) in [5, 5.41) is 2.15. The molecule has 2 aromatic rings. The number of primary amides is 1. The summed E-state index contributed by atoms with van der Waals surface area (Å²) in [5.74, 6) is -6.54. The third-order valence-electron chi connectivity index (χ3n) is 2.61. The van der Waals surface area contributed by atoms with Crippen molar-refractivity contribution in [2.24, 2.45) is 5.73 Å². The van der Waals surface area contributed by atoms with Crippen LogP contribution in [-0.2, 0) is 0 Å². The first kappa shape index (κ1) is 15.3. The molecule has 0 unspecified atom stereocenters. The van der Waals surface area contributed by atoms with Gasteiger partial charge in [0, 0.05) is 10.5 Å². The van der Waals surface area contributed by atoms with E-state index >= 15 is 0 Å². The zero-order valence-corrected chi connectivity index (χ0v) is 11.8. The Morgan fingerprint density at radius 2 is 1.71 bits per heavy atom. The largest absolute Gasteiger partial charge is 0.365 e. The normalized spacial score (nSPS) is 10.5. The second-order valence-corrected chi connectivity index (χ2v) is 4.93. The molecule has 0 fully saturated rings. The highest BCUT2D eigenvalue weighted by molar-refractivity contribution is 9.10. The zero-order chi connectivity index (χ0) is 15.7. The summed E-state index contributed by atoms with van der Waals surface area (Å²) >= 11 is 3.02. The number of amides is 1. The minimum absolute atomic E-state index is 0.193. The Morgan fingerprint density at radius 1 is 1.05 bits per heavy atom. The van der Waals surface area contributed by atoms with Gasteiger partial charge in [0.25, 0.3) is 5.91 Å². The monoisotopic (exact) mass is 362 g/mol.